The normalized spacial score (nSPS) is 12.2. The molecule has 22 heavy (non-hydrogen) atoms. The van der Waals surface area contributed by atoms with Crippen LogP contribution in [0.3, 0.4) is 0 Å². The molecule has 0 saturated carbocycles. The van der Waals surface area contributed by atoms with Gasteiger partial charge in [-0.2, -0.15) is 13.2 Å². The standard InChI is InChI=1S/C14H11F4NO2S/c1-9-7-12(5-6-13(9)15)22(20,21)19-11-4-2-3-10(8-11)14(16,17)18/h2-8,19H,1H3. The summed E-state index contributed by atoms with van der Waals surface area (Å²) in [5.41, 5.74) is -1.08. The lowest BCUT2D eigenvalue weighted by Crippen LogP contribution is -2.14. The predicted octanol–water partition coefficient (Wildman–Crippen LogP) is 3.95. The Kier molecular flexibility index (Phi) is 4.15. The van der Waals surface area contributed by atoms with Crippen molar-refractivity contribution >= 4 is 15.7 Å². The molecule has 0 aliphatic heterocycles. The van der Waals surface area contributed by atoms with Crippen molar-refractivity contribution in [2.75, 3.05) is 4.72 Å². The zero-order valence-corrected chi connectivity index (χ0v) is 12.1. The molecule has 1 N–H and O–H groups in total. The van der Waals surface area contributed by atoms with E-state index in [-0.39, 0.29) is 16.1 Å². The first-order valence-electron chi connectivity index (χ1n) is 6.06. The summed E-state index contributed by atoms with van der Waals surface area (Å²) in [6.07, 6.45) is -4.58. The Balaban J connectivity index is 2.35. The highest BCUT2D eigenvalue weighted by Crippen LogP contribution is 2.31. The molecule has 0 spiro atoms. The Morgan fingerprint density at radius 1 is 1.05 bits per heavy atom. The number of nitrogens with one attached hydrogen (secondary N) is 1. The molecule has 0 bridgehead atoms. The van der Waals surface area contributed by atoms with E-state index < -0.39 is 27.6 Å². The summed E-state index contributed by atoms with van der Waals surface area (Å²) in [7, 11) is -4.10. The summed E-state index contributed by atoms with van der Waals surface area (Å²) in [6.45, 7) is 1.39. The van der Waals surface area contributed by atoms with Gasteiger partial charge in [-0.25, -0.2) is 12.8 Å². The van der Waals surface area contributed by atoms with Crippen LogP contribution >= 0.6 is 0 Å². The second-order valence-electron chi connectivity index (χ2n) is 4.60. The van der Waals surface area contributed by atoms with Crippen molar-refractivity contribution in [3.05, 3.63) is 59.4 Å². The third-order valence-electron chi connectivity index (χ3n) is 2.88. The number of hydrogen-bond acceptors (Lipinski definition) is 2. The van der Waals surface area contributed by atoms with Gasteiger partial charge in [0.05, 0.1) is 10.5 Å². The summed E-state index contributed by atoms with van der Waals surface area (Å²) >= 11 is 0. The summed E-state index contributed by atoms with van der Waals surface area (Å²) in [5.74, 6) is -0.571. The van der Waals surface area contributed by atoms with Crippen LogP contribution in [0, 0.1) is 12.7 Å². The monoisotopic (exact) mass is 333 g/mol. The van der Waals surface area contributed by atoms with Gasteiger partial charge in [-0.3, -0.25) is 4.72 Å². The van der Waals surface area contributed by atoms with Gasteiger partial charge in [-0.05, 0) is 48.9 Å². The molecule has 0 unspecified atom stereocenters. The van der Waals surface area contributed by atoms with Crippen LogP contribution in [0.4, 0.5) is 23.2 Å². The first-order chi connectivity index (χ1) is 10.1. The van der Waals surface area contributed by atoms with E-state index in [0.29, 0.717) is 6.07 Å². The van der Waals surface area contributed by atoms with Crippen LogP contribution in [0.25, 0.3) is 0 Å². The summed E-state index contributed by atoms with van der Waals surface area (Å²) in [5, 5.41) is 0. The molecule has 0 heterocycles. The molecule has 0 aliphatic rings. The highest BCUT2D eigenvalue weighted by atomic mass is 32.2. The number of halogens is 4. The van der Waals surface area contributed by atoms with Gasteiger partial charge in [0.2, 0.25) is 0 Å². The van der Waals surface area contributed by atoms with Crippen molar-refractivity contribution in [1.82, 2.24) is 0 Å². The smallest absolute Gasteiger partial charge is 0.280 e. The zero-order chi connectivity index (χ0) is 16.5. The highest BCUT2D eigenvalue weighted by molar-refractivity contribution is 7.92. The number of sulfonamides is 1. The van der Waals surface area contributed by atoms with E-state index >= 15 is 0 Å². The van der Waals surface area contributed by atoms with Crippen molar-refractivity contribution in [3.8, 4) is 0 Å². The molecular weight excluding hydrogens is 322 g/mol. The largest absolute Gasteiger partial charge is 0.416 e. The molecule has 2 rings (SSSR count). The van der Waals surface area contributed by atoms with Crippen LogP contribution in [0.15, 0.2) is 47.4 Å². The molecule has 8 heteroatoms. The number of hydrogen-bond donors (Lipinski definition) is 1. The van der Waals surface area contributed by atoms with E-state index in [1.165, 1.54) is 13.0 Å². The van der Waals surface area contributed by atoms with Gasteiger partial charge >= 0.3 is 6.18 Å². The maximum atomic E-state index is 13.2. The lowest BCUT2D eigenvalue weighted by Gasteiger charge is -2.11. The second-order valence-corrected chi connectivity index (χ2v) is 6.28. The zero-order valence-electron chi connectivity index (χ0n) is 11.3. The number of benzene rings is 2. The Labute approximate surface area is 124 Å². The minimum atomic E-state index is -4.58. The average molecular weight is 333 g/mol. The van der Waals surface area contributed by atoms with Crippen molar-refractivity contribution in [1.29, 1.82) is 0 Å². The molecule has 2 aromatic rings. The van der Waals surface area contributed by atoms with Crippen molar-refractivity contribution in [2.45, 2.75) is 18.0 Å². The Bertz CT molecular complexity index is 801. The summed E-state index contributed by atoms with van der Waals surface area (Å²) < 4.78 is 77.2. The highest BCUT2D eigenvalue weighted by Gasteiger charge is 2.30. The quantitative estimate of drug-likeness (QED) is 0.865. The third kappa shape index (κ3) is 3.56. The van der Waals surface area contributed by atoms with Crippen LogP contribution in [0.5, 0.6) is 0 Å². The molecule has 2 aromatic carbocycles. The van der Waals surface area contributed by atoms with E-state index in [2.05, 4.69) is 0 Å². The lowest BCUT2D eigenvalue weighted by molar-refractivity contribution is -0.137. The minimum Gasteiger partial charge on any atom is -0.280 e. The van der Waals surface area contributed by atoms with Crippen molar-refractivity contribution in [2.24, 2.45) is 0 Å². The topological polar surface area (TPSA) is 46.2 Å². The minimum absolute atomic E-state index is 0.118. The van der Waals surface area contributed by atoms with Crippen LogP contribution < -0.4 is 4.72 Å². The average Bonchev–Trinajstić information content (AvgIpc) is 2.40. The fourth-order valence-corrected chi connectivity index (χ4v) is 2.89. The van der Waals surface area contributed by atoms with Crippen molar-refractivity contribution in [3.63, 3.8) is 0 Å². The summed E-state index contributed by atoms with van der Waals surface area (Å²) in [6, 6.07) is 6.94. The molecular formula is C14H11F4NO2S. The number of anilines is 1. The van der Waals surface area contributed by atoms with E-state index in [1.54, 1.807) is 0 Å². The van der Waals surface area contributed by atoms with Crippen LogP contribution in [0.2, 0.25) is 0 Å². The first-order valence-corrected chi connectivity index (χ1v) is 7.54. The van der Waals surface area contributed by atoms with Crippen molar-refractivity contribution < 1.29 is 26.0 Å². The number of rotatable bonds is 3. The van der Waals surface area contributed by atoms with Gasteiger partial charge in [0.15, 0.2) is 0 Å². The second kappa shape index (κ2) is 5.60. The molecule has 0 saturated heterocycles. The van der Waals surface area contributed by atoms with Gasteiger partial charge in [-0.15, -0.1) is 0 Å². The molecule has 0 aliphatic carbocycles. The maximum Gasteiger partial charge on any atom is 0.416 e. The van der Waals surface area contributed by atoms with E-state index in [4.69, 9.17) is 0 Å². The molecule has 0 fully saturated rings. The van der Waals surface area contributed by atoms with Gasteiger partial charge in [-0.1, -0.05) is 6.07 Å². The Morgan fingerprint density at radius 3 is 2.32 bits per heavy atom. The van der Waals surface area contributed by atoms with Crippen LogP contribution in [-0.4, -0.2) is 8.42 Å². The molecule has 3 nitrogen and oxygen atoms in total. The van der Waals surface area contributed by atoms with E-state index in [9.17, 15) is 26.0 Å². The van der Waals surface area contributed by atoms with Gasteiger partial charge in [0, 0.05) is 5.69 Å². The molecule has 0 amide bonds. The fourth-order valence-electron chi connectivity index (χ4n) is 1.76. The van der Waals surface area contributed by atoms with Crippen LogP contribution in [-0.2, 0) is 16.2 Å². The maximum absolute atomic E-state index is 13.2. The Hall–Kier alpha value is -2.09. The predicted molar refractivity (Wildman–Crippen MR) is 73.4 cm³/mol. The fraction of sp³-hybridized carbons (Fsp3) is 0.143. The van der Waals surface area contributed by atoms with E-state index in [0.717, 1.165) is 30.3 Å². The Morgan fingerprint density at radius 2 is 1.73 bits per heavy atom. The van der Waals surface area contributed by atoms with Crippen LogP contribution in [0.1, 0.15) is 11.1 Å². The summed E-state index contributed by atoms with van der Waals surface area (Å²) in [4.78, 5) is -0.233. The lowest BCUT2D eigenvalue weighted by atomic mass is 10.2. The number of aryl methyl sites for hydroxylation is 1. The number of alkyl halides is 3. The SMILES string of the molecule is Cc1cc(S(=O)(=O)Nc2cccc(C(F)(F)F)c2)ccc1F. The van der Waals surface area contributed by atoms with Gasteiger partial charge in [0.1, 0.15) is 5.82 Å². The third-order valence-corrected chi connectivity index (χ3v) is 4.26. The van der Waals surface area contributed by atoms with Gasteiger partial charge in [0.25, 0.3) is 10.0 Å². The molecule has 0 radical (unpaired) electrons. The van der Waals surface area contributed by atoms with Gasteiger partial charge < -0.3 is 0 Å². The van der Waals surface area contributed by atoms with E-state index in [1.807, 2.05) is 4.72 Å². The first kappa shape index (κ1) is 16.3. The molecule has 118 valence electrons. The molecule has 0 atom stereocenters. The molecule has 0 aromatic heterocycles.